The van der Waals surface area contributed by atoms with Crippen molar-refractivity contribution in [3.05, 3.63) is 69.9 Å². The van der Waals surface area contributed by atoms with Gasteiger partial charge in [0, 0.05) is 17.2 Å². The van der Waals surface area contributed by atoms with Gasteiger partial charge in [-0.05, 0) is 49.2 Å². The molecule has 3 heterocycles. The molecule has 0 saturated heterocycles. The van der Waals surface area contributed by atoms with Crippen LogP contribution in [0.3, 0.4) is 0 Å². The molecule has 0 spiro atoms. The Balaban J connectivity index is 1.67. The second kappa shape index (κ2) is 6.26. The fourth-order valence-electron chi connectivity index (χ4n) is 2.95. The Kier molecular flexibility index (Phi) is 3.93. The van der Waals surface area contributed by atoms with E-state index in [9.17, 15) is 4.79 Å². The third-order valence-electron chi connectivity index (χ3n) is 4.06. The van der Waals surface area contributed by atoms with Crippen LogP contribution in [0.25, 0.3) is 16.8 Å². The van der Waals surface area contributed by atoms with Crippen molar-refractivity contribution in [1.29, 1.82) is 0 Å². The Morgan fingerprint density at radius 2 is 2.12 bits per heavy atom. The summed E-state index contributed by atoms with van der Waals surface area (Å²) in [5, 5.41) is 2.77. The fraction of sp³-hybridized carbons (Fsp3) is 0.150. The number of carbonyl (C=O) groups excluding carboxylic acids is 1. The summed E-state index contributed by atoms with van der Waals surface area (Å²) in [4.78, 5) is 21.7. The monoisotopic (exact) mass is 348 g/mol. The van der Waals surface area contributed by atoms with Crippen LogP contribution in [0.5, 0.6) is 5.75 Å². The van der Waals surface area contributed by atoms with Crippen LogP contribution in [0.1, 0.15) is 27.2 Å². The van der Waals surface area contributed by atoms with E-state index in [4.69, 9.17) is 4.74 Å². The molecule has 0 fully saturated rings. The quantitative estimate of drug-likeness (QED) is 0.641. The number of pyridine rings is 1. The van der Waals surface area contributed by atoms with Crippen molar-refractivity contribution in [3.63, 3.8) is 0 Å². The molecule has 124 valence electrons. The molecule has 0 aliphatic carbocycles. The first-order chi connectivity index (χ1) is 12.1. The molecular formula is C20H16N2O2S. The zero-order valence-corrected chi connectivity index (χ0v) is 14.8. The zero-order chi connectivity index (χ0) is 17.4. The highest BCUT2D eigenvalue weighted by Gasteiger charge is 2.25. The maximum atomic E-state index is 12.8. The van der Waals surface area contributed by atoms with Crippen LogP contribution in [-0.2, 0) is 0 Å². The molecule has 4 rings (SSSR count). The summed E-state index contributed by atoms with van der Waals surface area (Å²) in [6, 6.07) is 9.65. The van der Waals surface area contributed by atoms with Gasteiger partial charge in [0.2, 0.25) is 0 Å². The van der Waals surface area contributed by atoms with Crippen LogP contribution in [-0.4, -0.2) is 22.4 Å². The van der Waals surface area contributed by atoms with Gasteiger partial charge in [0.25, 0.3) is 0 Å². The molecule has 5 heteroatoms. The number of ketones is 1. The average molecular weight is 348 g/mol. The van der Waals surface area contributed by atoms with Crippen LogP contribution in [0, 0.1) is 13.8 Å². The first kappa shape index (κ1) is 15.7. The summed E-state index contributed by atoms with van der Waals surface area (Å²) in [6.07, 6.45) is 3.56. The minimum absolute atomic E-state index is 0.0143. The summed E-state index contributed by atoms with van der Waals surface area (Å²) in [6.45, 7) is 4.22. The number of ether oxygens (including phenoxy) is 1. The molecule has 1 aliphatic rings. The number of fused-ring (bicyclic) bond motifs is 1. The van der Waals surface area contributed by atoms with E-state index in [1.807, 2.05) is 55.6 Å². The average Bonchev–Trinajstić information content (AvgIpc) is 3.07. The molecule has 0 amide bonds. The molecule has 0 atom stereocenters. The molecule has 1 aliphatic heterocycles. The lowest BCUT2D eigenvalue weighted by Gasteiger charge is -2.21. The Hall–Kier alpha value is -2.79. The molecule has 2 aromatic heterocycles. The van der Waals surface area contributed by atoms with Crippen LogP contribution in [0.2, 0.25) is 0 Å². The van der Waals surface area contributed by atoms with E-state index in [1.165, 1.54) is 11.3 Å². The van der Waals surface area contributed by atoms with Crippen molar-refractivity contribution in [2.75, 3.05) is 6.61 Å². The number of hydrogen-bond acceptors (Lipinski definition) is 5. The second-order valence-corrected chi connectivity index (χ2v) is 6.90. The number of nitrogens with zero attached hydrogens (tertiary/aromatic N) is 2. The highest BCUT2D eigenvalue weighted by atomic mass is 32.1. The van der Waals surface area contributed by atoms with Gasteiger partial charge in [0.15, 0.2) is 5.78 Å². The summed E-state index contributed by atoms with van der Waals surface area (Å²) >= 11 is 1.51. The normalized spacial score (nSPS) is 15.1. The number of Topliss-reactive ketones (excluding diaryl/α,β-unsaturated/α-hetero) is 1. The van der Waals surface area contributed by atoms with Gasteiger partial charge in [-0.1, -0.05) is 12.1 Å². The maximum absolute atomic E-state index is 12.8. The third-order valence-corrected chi connectivity index (χ3v) is 4.94. The smallest absolute Gasteiger partial charge is 0.196 e. The highest BCUT2D eigenvalue weighted by Crippen LogP contribution is 2.32. The van der Waals surface area contributed by atoms with Crippen molar-refractivity contribution in [1.82, 2.24) is 9.97 Å². The number of aromatic nitrogens is 2. The molecule has 0 N–H and O–H groups in total. The predicted molar refractivity (Wildman–Crippen MR) is 99.1 cm³/mol. The van der Waals surface area contributed by atoms with Crippen molar-refractivity contribution in [3.8, 4) is 16.5 Å². The van der Waals surface area contributed by atoms with Crippen LogP contribution < -0.4 is 4.74 Å². The Bertz CT molecular complexity index is 990. The largest absolute Gasteiger partial charge is 0.488 e. The van der Waals surface area contributed by atoms with Crippen LogP contribution >= 0.6 is 11.3 Å². The van der Waals surface area contributed by atoms with E-state index < -0.39 is 0 Å². The van der Waals surface area contributed by atoms with E-state index in [0.717, 1.165) is 27.5 Å². The molecule has 25 heavy (non-hydrogen) atoms. The lowest BCUT2D eigenvalue weighted by molar-refractivity contribution is 0.1000. The van der Waals surface area contributed by atoms with Gasteiger partial charge in [-0.15, -0.1) is 11.3 Å². The van der Waals surface area contributed by atoms with Crippen molar-refractivity contribution in [2.24, 2.45) is 0 Å². The molecular weight excluding hydrogens is 332 g/mol. The molecule has 0 unspecified atom stereocenters. The molecule has 1 aromatic carbocycles. The van der Waals surface area contributed by atoms with Gasteiger partial charge in [-0.2, -0.15) is 0 Å². The van der Waals surface area contributed by atoms with Gasteiger partial charge in [0.1, 0.15) is 17.4 Å². The molecule has 4 nitrogen and oxygen atoms in total. The summed E-state index contributed by atoms with van der Waals surface area (Å²) < 4.78 is 5.83. The van der Waals surface area contributed by atoms with Gasteiger partial charge in [0.05, 0.1) is 17.0 Å². The number of rotatable bonds is 2. The van der Waals surface area contributed by atoms with Gasteiger partial charge in [-0.25, -0.2) is 4.98 Å². The minimum atomic E-state index is 0.0143. The Labute approximate surface area is 149 Å². The standard InChI is InChI=1S/C20H16N2O2S/c1-12-7-13(2)19-16(8-12)18(23)14(10-24-19)9-15-11-25-20(22-15)17-5-3-4-6-21-17/h3-9,11H,10H2,1-2H3. The second-order valence-electron chi connectivity index (χ2n) is 6.04. The number of hydrogen-bond donors (Lipinski definition) is 0. The zero-order valence-electron chi connectivity index (χ0n) is 13.9. The van der Waals surface area contributed by atoms with Crippen molar-refractivity contribution in [2.45, 2.75) is 13.8 Å². The molecule has 0 bridgehead atoms. The number of carbonyl (C=O) groups is 1. The van der Waals surface area contributed by atoms with Gasteiger partial charge >= 0.3 is 0 Å². The maximum Gasteiger partial charge on any atom is 0.196 e. The summed E-state index contributed by atoms with van der Waals surface area (Å²) in [5.41, 5.74) is 4.89. The molecule has 0 radical (unpaired) electrons. The van der Waals surface area contributed by atoms with Crippen molar-refractivity contribution >= 4 is 23.2 Å². The molecule has 0 saturated carbocycles. The number of aryl methyl sites for hydroxylation is 2. The molecule has 3 aromatic rings. The number of thiazole rings is 1. The van der Waals surface area contributed by atoms with Crippen LogP contribution in [0.4, 0.5) is 0 Å². The van der Waals surface area contributed by atoms with Crippen LogP contribution in [0.15, 0.2) is 47.5 Å². The van der Waals surface area contributed by atoms with Gasteiger partial charge < -0.3 is 4.74 Å². The lowest BCUT2D eigenvalue weighted by atomic mass is 9.95. The third kappa shape index (κ3) is 2.98. The van der Waals surface area contributed by atoms with Crippen molar-refractivity contribution < 1.29 is 9.53 Å². The topological polar surface area (TPSA) is 52.1 Å². The van der Waals surface area contributed by atoms with E-state index in [0.29, 0.717) is 16.9 Å². The van der Waals surface area contributed by atoms with E-state index >= 15 is 0 Å². The SMILES string of the molecule is Cc1cc(C)c2c(c1)C(=O)C(=Cc1csc(-c3ccccn3)n1)CO2. The Morgan fingerprint density at radius 3 is 2.92 bits per heavy atom. The van der Waals surface area contributed by atoms with E-state index in [2.05, 4.69) is 9.97 Å². The first-order valence-electron chi connectivity index (χ1n) is 7.98. The van der Waals surface area contributed by atoms with E-state index in [1.54, 1.807) is 6.20 Å². The summed E-state index contributed by atoms with van der Waals surface area (Å²) in [7, 11) is 0. The highest BCUT2D eigenvalue weighted by molar-refractivity contribution is 7.13. The van der Waals surface area contributed by atoms with Gasteiger partial charge in [-0.3, -0.25) is 9.78 Å². The first-order valence-corrected chi connectivity index (χ1v) is 8.86. The number of benzene rings is 1. The van der Waals surface area contributed by atoms with E-state index in [-0.39, 0.29) is 12.4 Å². The minimum Gasteiger partial charge on any atom is -0.488 e. The lowest BCUT2D eigenvalue weighted by Crippen LogP contribution is -2.20. The fourth-order valence-corrected chi connectivity index (χ4v) is 3.70. The predicted octanol–water partition coefficient (Wildman–Crippen LogP) is 4.48. The summed E-state index contributed by atoms with van der Waals surface area (Å²) in [5.74, 6) is 0.709. The Morgan fingerprint density at radius 1 is 1.24 bits per heavy atom.